The Labute approximate surface area is 127 Å². The topological polar surface area (TPSA) is 86.3 Å². The minimum Gasteiger partial charge on any atom is -0.398 e. The Bertz CT molecular complexity index is 778. The number of nitrogens with one attached hydrogen (secondary N) is 1. The van der Waals surface area contributed by atoms with E-state index in [1.807, 2.05) is 16.7 Å². The molecule has 6 nitrogen and oxygen atoms in total. The maximum Gasteiger partial charge on any atom is 0.256 e. The van der Waals surface area contributed by atoms with Gasteiger partial charge in [0.25, 0.3) is 5.91 Å². The average Bonchev–Trinajstić information content (AvgIpc) is 3.32. The fraction of sp³-hybridized carbons (Fsp3) is 0.375. The van der Waals surface area contributed by atoms with E-state index in [1.54, 1.807) is 19.4 Å². The Morgan fingerprint density at radius 2 is 2.23 bits per heavy atom. The van der Waals surface area contributed by atoms with Gasteiger partial charge in [0.2, 0.25) is 5.43 Å². The summed E-state index contributed by atoms with van der Waals surface area (Å²) in [5.74, 6) is -0.387. The molecule has 0 bridgehead atoms. The van der Waals surface area contributed by atoms with Crippen LogP contribution in [0.3, 0.4) is 0 Å². The second-order valence-corrected chi connectivity index (χ2v) is 5.50. The number of ether oxygens (including phenoxy) is 1. The summed E-state index contributed by atoms with van der Waals surface area (Å²) in [6.07, 6.45) is 3.76. The molecule has 1 aliphatic rings. The minimum absolute atomic E-state index is 0.133. The van der Waals surface area contributed by atoms with Crippen molar-refractivity contribution in [2.24, 2.45) is 0 Å². The lowest BCUT2D eigenvalue weighted by Crippen LogP contribution is -2.32. The molecule has 1 fully saturated rings. The highest BCUT2D eigenvalue weighted by atomic mass is 16.5. The molecular formula is C16H19N3O3. The molecule has 1 heterocycles. The maximum atomic E-state index is 12.6. The molecular weight excluding hydrogens is 282 g/mol. The third kappa shape index (κ3) is 2.57. The van der Waals surface area contributed by atoms with E-state index in [0.29, 0.717) is 30.3 Å². The first-order valence-corrected chi connectivity index (χ1v) is 7.34. The Morgan fingerprint density at radius 3 is 2.91 bits per heavy atom. The van der Waals surface area contributed by atoms with Crippen molar-refractivity contribution >= 4 is 22.5 Å². The number of aromatic nitrogens is 1. The van der Waals surface area contributed by atoms with Crippen molar-refractivity contribution in [3.8, 4) is 0 Å². The SMILES string of the molecule is COCCNC(=O)c1cn(C2CC2)c2cccc(N)c2c1=O. The highest BCUT2D eigenvalue weighted by Gasteiger charge is 2.27. The number of carbonyl (C=O) groups excluding carboxylic acids is 1. The van der Waals surface area contributed by atoms with Crippen molar-refractivity contribution in [1.82, 2.24) is 9.88 Å². The lowest BCUT2D eigenvalue weighted by atomic mass is 10.1. The number of carbonyl (C=O) groups is 1. The van der Waals surface area contributed by atoms with Gasteiger partial charge in [-0.15, -0.1) is 0 Å². The van der Waals surface area contributed by atoms with E-state index in [-0.39, 0.29) is 16.9 Å². The zero-order valence-corrected chi connectivity index (χ0v) is 12.5. The summed E-state index contributed by atoms with van der Waals surface area (Å²) in [7, 11) is 1.56. The molecule has 1 aromatic carbocycles. The highest BCUT2D eigenvalue weighted by Crippen LogP contribution is 2.37. The van der Waals surface area contributed by atoms with Crippen LogP contribution >= 0.6 is 0 Å². The Morgan fingerprint density at radius 1 is 1.45 bits per heavy atom. The Balaban J connectivity index is 2.11. The van der Waals surface area contributed by atoms with Gasteiger partial charge in [0.15, 0.2) is 0 Å². The summed E-state index contributed by atoms with van der Waals surface area (Å²) in [5, 5.41) is 3.12. The number of rotatable bonds is 5. The van der Waals surface area contributed by atoms with Crippen molar-refractivity contribution in [2.75, 3.05) is 26.0 Å². The molecule has 22 heavy (non-hydrogen) atoms. The molecule has 1 aliphatic carbocycles. The van der Waals surface area contributed by atoms with E-state index in [1.165, 1.54) is 0 Å². The number of anilines is 1. The van der Waals surface area contributed by atoms with Crippen LogP contribution in [-0.2, 0) is 4.74 Å². The van der Waals surface area contributed by atoms with Crippen LogP contribution in [0.15, 0.2) is 29.2 Å². The number of nitrogens with zero attached hydrogens (tertiary/aromatic N) is 1. The molecule has 1 amide bonds. The molecule has 116 valence electrons. The molecule has 1 saturated carbocycles. The number of amides is 1. The summed E-state index contributed by atoms with van der Waals surface area (Å²) in [6.45, 7) is 0.763. The normalized spacial score (nSPS) is 14.2. The molecule has 0 unspecified atom stereocenters. The van der Waals surface area contributed by atoms with Gasteiger partial charge in [0.1, 0.15) is 5.56 Å². The van der Waals surface area contributed by atoms with Gasteiger partial charge in [-0.05, 0) is 25.0 Å². The standard InChI is InChI=1S/C16H19N3O3/c1-22-8-7-18-16(21)11-9-19(10-5-6-10)13-4-2-3-12(17)14(13)15(11)20/h2-4,9-10H,5-8,17H2,1H3,(H,18,21). The molecule has 0 radical (unpaired) electrons. The van der Waals surface area contributed by atoms with Crippen LogP contribution in [0.4, 0.5) is 5.69 Å². The number of nitrogen functional groups attached to an aromatic ring is 1. The van der Waals surface area contributed by atoms with Crippen molar-refractivity contribution in [1.29, 1.82) is 0 Å². The quantitative estimate of drug-likeness (QED) is 0.643. The largest absolute Gasteiger partial charge is 0.398 e. The van der Waals surface area contributed by atoms with Gasteiger partial charge in [-0.3, -0.25) is 9.59 Å². The average molecular weight is 301 g/mol. The molecule has 0 spiro atoms. The first-order chi connectivity index (χ1) is 10.6. The van der Waals surface area contributed by atoms with Gasteiger partial charge in [-0.25, -0.2) is 0 Å². The van der Waals surface area contributed by atoms with Crippen LogP contribution in [0.5, 0.6) is 0 Å². The van der Waals surface area contributed by atoms with Gasteiger partial charge in [0.05, 0.1) is 17.5 Å². The number of benzene rings is 1. The van der Waals surface area contributed by atoms with E-state index in [9.17, 15) is 9.59 Å². The van der Waals surface area contributed by atoms with E-state index < -0.39 is 0 Å². The first kappa shape index (κ1) is 14.6. The van der Waals surface area contributed by atoms with E-state index in [4.69, 9.17) is 10.5 Å². The summed E-state index contributed by atoms with van der Waals surface area (Å²) in [4.78, 5) is 24.9. The fourth-order valence-electron chi connectivity index (χ4n) is 2.60. The molecule has 6 heteroatoms. The van der Waals surface area contributed by atoms with Crippen molar-refractivity contribution in [2.45, 2.75) is 18.9 Å². The molecule has 1 aromatic heterocycles. The smallest absolute Gasteiger partial charge is 0.256 e. The number of methoxy groups -OCH3 is 1. The predicted molar refractivity (Wildman–Crippen MR) is 85.1 cm³/mol. The van der Waals surface area contributed by atoms with Crippen LogP contribution < -0.4 is 16.5 Å². The Kier molecular flexibility index (Phi) is 3.85. The Hall–Kier alpha value is -2.34. The minimum atomic E-state index is -0.387. The summed E-state index contributed by atoms with van der Waals surface area (Å²) in [6, 6.07) is 5.73. The zero-order chi connectivity index (χ0) is 15.7. The number of hydrogen-bond acceptors (Lipinski definition) is 4. The van der Waals surface area contributed by atoms with Crippen LogP contribution in [0.1, 0.15) is 29.2 Å². The third-order valence-electron chi connectivity index (χ3n) is 3.87. The molecule has 0 aliphatic heterocycles. The number of fused-ring (bicyclic) bond motifs is 1. The van der Waals surface area contributed by atoms with Gasteiger partial charge >= 0.3 is 0 Å². The summed E-state index contributed by atoms with van der Waals surface area (Å²) in [5.41, 5.74) is 6.98. The second-order valence-electron chi connectivity index (χ2n) is 5.50. The van der Waals surface area contributed by atoms with Crippen LogP contribution in [0.2, 0.25) is 0 Å². The molecule has 0 atom stereocenters. The second kappa shape index (κ2) is 5.81. The van der Waals surface area contributed by atoms with E-state index in [2.05, 4.69) is 5.32 Å². The predicted octanol–water partition coefficient (Wildman–Crippen LogP) is 1.29. The van der Waals surface area contributed by atoms with Crippen molar-refractivity contribution < 1.29 is 9.53 Å². The molecule has 2 aromatic rings. The number of nitrogens with two attached hydrogens (primary N) is 1. The monoisotopic (exact) mass is 301 g/mol. The maximum absolute atomic E-state index is 12.6. The fourth-order valence-corrected chi connectivity index (χ4v) is 2.60. The lowest BCUT2D eigenvalue weighted by Gasteiger charge is -2.14. The van der Waals surface area contributed by atoms with Crippen molar-refractivity contribution in [3.63, 3.8) is 0 Å². The molecule has 0 saturated heterocycles. The number of pyridine rings is 1. The summed E-state index contributed by atoms with van der Waals surface area (Å²) < 4.78 is 6.90. The highest BCUT2D eigenvalue weighted by molar-refractivity contribution is 6.00. The van der Waals surface area contributed by atoms with Crippen LogP contribution in [0, 0.1) is 0 Å². The van der Waals surface area contributed by atoms with Gasteiger partial charge < -0.3 is 20.4 Å². The van der Waals surface area contributed by atoms with E-state index >= 15 is 0 Å². The summed E-state index contributed by atoms with van der Waals surface area (Å²) >= 11 is 0. The van der Waals surface area contributed by atoms with Crippen molar-refractivity contribution in [3.05, 3.63) is 40.2 Å². The van der Waals surface area contributed by atoms with Crippen LogP contribution in [-0.4, -0.2) is 30.7 Å². The van der Waals surface area contributed by atoms with Gasteiger partial charge in [0, 0.05) is 31.6 Å². The lowest BCUT2D eigenvalue weighted by molar-refractivity contribution is 0.0935. The molecule has 3 rings (SSSR count). The third-order valence-corrected chi connectivity index (χ3v) is 3.87. The van der Waals surface area contributed by atoms with Gasteiger partial charge in [-0.2, -0.15) is 0 Å². The zero-order valence-electron chi connectivity index (χ0n) is 12.5. The van der Waals surface area contributed by atoms with E-state index in [0.717, 1.165) is 18.4 Å². The number of hydrogen-bond donors (Lipinski definition) is 2. The molecule has 3 N–H and O–H groups in total. The van der Waals surface area contributed by atoms with Gasteiger partial charge in [-0.1, -0.05) is 6.07 Å². The first-order valence-electron chi connectivity index (χ1n) is 7.34. The van der Waals surface area contributed by atoms with Crippen LogP contribution in [0.25, 0.3) is 10.9 Å².